The summed E-state index contributed by atoms with van der Waals surface area (Å²) >= 11 is 0. The number of rotatable bonds is 7. The third kappa shape index (κ3) is 5.71. The second-order valence-electron chi connectivity index (χ2n) is 8.01. The molecule has 10 nitrogen and oxygen atoms in total. The van der Waals surface area contributed by atoms with Crippen molar-refractivity contribution in [2.45, 2.75) is 25.4 Å². The Bertz CT molecular complexity index is 572. The fraction of sp³-hybridized carbons (Fsp3) is 0.833. The van der Waals surface area contributed by atoms with Gasteiger partial charge in [0.05, 0.1) is 13.0 Å². The molecule has 0 saturated carbocycles. The van der Waals surface area contributed by atoms with Crippen LogP contribution in [0.4, 0.5) is 4.79 Å². The van der Waals surface area contributed by atoms with Crippen molar-refractivity contribution in [3.63, 3.8) is 0 Å². The van der Waals surface area contributed by atoms with Crippen LogP contribution in [0.25, 0.3) is 0 Å². The lowest BCUT2D eigenvalue weighted by atomic mass is 9.96. The van der Waals surface area contributed by atoms with Crippen molar-refractivity contribution in [1.82, 2.24) is 19.6 Å². The number of carbonyl (C=O) groups excluding carboxylic acids is 1. The summed E-state index contributed by atoms with van der Waals surface area (Å²) in [6, 6.07) is 0. The molecule has 3 aliphatic heterocycles. The van der Waals surface area contributed by atoms with Gasteiger partial charge in [0.25, 0.3) is 0 Å². The topological polar surface area (TPSA) is 126 Å². The number of amides is 1. The molecule has 28 heavy (non-hydrogen) atoms. The summed E-state index contributed by atoms with van der Waals surface area (Å²) in [5.74, 6) is -0.200. The van der Waals surface area contributed by atoms with Crippen molar-refractivity contribution >= 4 is 18.0 Å². The Morgan fingerprint density at radius 1 is 1.11 bits per heavy atom. The maximum Gasteiger partial charge on any atom is 0.410 e. The Labute approximate surface area is 165 Å². The molecule has 3 saturated heterocycles. The monoisotopic (exact) mass is 396 g/mol. The predicted octanol–water partition coefficient (Wildman–Crippen LogP) is -0.495. The van der Waals surface area contributed by atoms with E-state index >= 15 is 0 Å². The van der Waals surface area contributed by atoms with E-state index in [4.69, 9.17) is 21.0 Å². The van der Waals surface area contributed by atoms with E-state index in [2.05, 4.69) is 9.80 Å². The Hall–Kier alpha value is -2.07. The van der Waals surface area contributed by atoms with Crippen LogP contribution in [0, 0.1) is 11.3 Å². The molecule has 1 amide bonds. The molecule has 0 spiro atoms. The van der Waals surface area contributed by atoms with E-state index < -0.39 is 5.97 Å². The number of carboxylic acids is 1. The first-order valence-electron chi connectivity index (χ1n) is 10.1. The summed E-state index contributed by atoms with van der Waals surface area (Å²) in [6.45, 7) is 7.68. The molecular formula is C18H32N6O4. The van der Waals surface area contributed by atoms with Gasteiger partial charge in [-0.3, -0.25) is 15.1 Å². The van der Waals surface area contributed by atoms with Crippen molar-refractivity contribution < 1.29 is 19.4 Å². The average molecular weight is 396 g/mol. The van der Waals surface area contributed by atoms with Gasteiger partial charge in [0, 0.05) is 58.9 Å². The fourth-order valence-electron chi connectivity index (χ4n) is 4.22. The Morgan fingerprint density at radius 2 is 1.75 bits per heavy atom. The molecule has 1 atom stereocenters. The number of carboxylic acid groups (broad SMARTS) is 1. The van der Waals surface area contributed by atoms with Gasteiger partial charge in [-0.05, 0) is 18.8 Å². The maximum atomic E-state index is 12.2. The number of hydrogen-bond donors (Lipinski definition) is 3. The van der Waals surface area contributed by atoms with Gasteiger partial charge in [0.1, 0.15) is 6.10 Å². The van der Waals surface area contributed by atoms with E-state index in [0.29, 0.717) is 25.6 Å². The lowest BCUT2D eigenvalue weighted by Crippen LogP contribution is -2.49. The summed E-state index contributed by atoms with van der Waals surface area (Å²) in [5.41, 5.74) is 5.53. The van der Waals surface area contributed by atoms with Crippen molar-refractivity contribution in [1.29, 1.82) is 5.41 Å². The van der Waals surface area contributed by atoms with Crippen LogP contribution in [-0.4, -0.2) is 114 Å². The van der Waals surface area contributed by atoms with Gasteiger partial charge in [0.15, 0.2) is 5.96 Å². The highest BCUT2D eigenvalue weighted by Gasteiger charge is 2.35. The minimum Gasteiger partial charge on any atom is -0.481 e. The highest BCUT2D eigenvalue weighted by Crippen LogP contribution is 2.22. The van der Waals surface area contributed by atoms with Crippen LogP contribution in [0.15, 0.2) is 0 Å². The molecule has 158 valence electrons. The van der Waals surface area contributed by atoms with Crippen LogP contribution in [0.5, 0.6) is 0 Å². The highest BCUT2D eigenvalue weighted by molar-refractivity contribution is 5.74. The van der Waals surface area contributed by atoms with Crippen LogP contribution in [-0.2, 0) is 9.53 Å². The second kappa shape index (κ2) is 9.42. The number of nitrogens with zero attached hydrogens (tertiary/aromatic N) is 4. The van der Waals surface area contributed by atoms with Crippen LogP contribution < -0.4 is 5.73 Å². The standard InChI is InChI=1S/C18H32N6O4/c19-17(20)23-5-1-14(2-6-23)11-24-13-15(28-18(24)27)12-22-9-7-21(8-10-22)4-3-16(25)26/h14-15H,1-13H2,(H3,19,20)(H,25,26). The zero-order chi connectivity index (χ0) is 20.1. The number of guanidine groups is 1. The van der Waals surface area contributed by atoms with E-state index in [1.54, 1.807) is 0 Å². The summed E-state index contributed by atoms with van der Waals surface area (Å²) < 4.78 is 5.57. The van der Waals surface area contributed by atoms with Gasteiger partial charge in [-0.1, -0.05) is 0 Å². The van der Waals surface area contributed by atoms with Gasteiger partial charge >= 0.3 is 12.1 Å². The maximum absolute atomic E-state index is 12.2. The number of likely N-dealkylation sites (tertiary alicyclic amines) is 1. The lowest BCUT2D eigenvalue weighted by Gasteiger charge is -2.35. The van der Waals surface area contributed by atoms with Crippen molar-refractivity contribution in [3.05, 3.63) is 0 Å². The van der Waals surface area contributed by atoms with E-state index in [9.17, 15) is 9.59 Å². The van der Waals surface area contributed by atoms with Crippen molar-refractivity contribution in [2.75, 3.05) is 65.4 Å². The number of piperazine rings is 1. The summed E-state index contributed by atoms with van der Waals surface area (Å²) in [5, 5.41) is 16.3. The van der Waals surface area contributed by atoms with Crippen LogP contribution in [0.2, 0.25) is 0 Å². The zero-order valence-corrected chi connectivity index (χ0v) is 16.4. The molecular weight excluding hydrogens is 364 g/mol. The summed E-state index contributed by atoms with van der Waals surface area (Å²) in [6.07, 6.45) is 1.73. The molecule has 0 aromatic heterocycles. The molecule has 4 N–H and O–H groups in total. The van der Waals surface area contributed by atoms with E-state index in [1.165, 1.54) is 0 Å². The van der Waals surface area contributed by atoms with Crippen molar-refractivity contribution in [2.24, 2.45) is 11.7 Å². The number of carbonyl (C=O) groups is 2. The Kier molecular flexibility index (Phi) is 6.95. The molecule has 3 rings (SSSR count). The number of aliphatic carboxylic acids is 1. The third-order valence-electron chi connectivity index (χ3n) is 5.95. The molecule has 10 heteroatoms. The smallest absolute Gasteiger partial charge is 0.410 e. The normalized spacial score (nSPS) is 25.1. The number of cyclic esters (lactones) is 1. The Balaban J connectivity index is 1.36. The molecule has 0 radical (unpaired) electrons. The molecule has 0 aliphatic carbocycles. The van der Waals surface area contributed by atoms with E-state index in [0.717, 1.165) is 58.7 Å². The average Bonchev–Trinajstić information content (AvgIpc) is 3.00. The SMILES string of the molecule is N=C(N)N1CCC(CN2CC(CN3CCN(CCC(=O)O)CC3)OC2=O)CC1. The molecule has 0 aromatic carbocycles. The number of nitrogens with one attached hydrogen (secondary N) is 1. The lowest BCUT2D eigenvalue weighted by molar-refractivity contribution is -0.137. The van der Waals surface area contributed by atoms with Crippen LogP contribution in [0.1, 0.15) is 19.3 Å². The first-order chi connectivity index (χ1) is 13.4. The van der Waals surface area contributed by atoms with E-state index in [1.807, 2.05) is 9.80 Å². The third-order valence-corrected chi connectivity index (χ3v) is 5.95. The molecule has 0 aromatic rings. The number of piperidine rings is 1. The first-order valence-corrected chi connectivity index (χ1v) is 10.1. The summed E-state index contributed by atoms with van der Waals surface area (Å²) in [7, 11) is 0. The fourth-order valence-corrected chi connectivity index (χ4v) is 4.22. The zero-order valence-electron chi connectivity index (χ0n) is 16.4. The van der Waals surface area contributed by atoms with Gasteiger partial charge in [-0.25, -0.2) is 4.79 Å². The van der Waals surface area contributed by atoms with Gasteiger partial charge < -0.3 is 30.3 Å². The molecule has 1 unspecified atom stereocenters. The molecule has 0 bridgehead atoms. The van der Waals surface area contributed by atoms with E-state index in [-0.39, 0.29) is 24.6 Å². The molecule has 3 heterocycles. The number of hydrogen-bond acceptors (Lipinski definition) is 6. The highest BCUT2D eigenvalue weighted by atomic mass is 16.6. The number of ether oxygens (including phenoxy) is 1. The largest absolute Gasteiger partial charge is 0.481 e. The van der Waals surface area contributed by atoms with Gasteiger partial charge in [0.2, 0.25) is 0 Å². The number of nitrogens with two attached hydrogens (primary N) is 1. The first kappa shape index (κ1) is 20.7. The van der Waals surface area contributed by atoms with Crippen LogP contribution >= 0.6 is 0 Å². The van der Waals surface area contributed by atoms with Crippen LogP contribution in [0.3, 0.4) is 0 Å². The quantitative estimate of drug-likeness (QED) is 0.389. The van der Waals surface area contributed by atoms with Gasteiger partial charge in [-0.15, -0.1) is 0 Å². The predicted molar refractivity (Wildman–Crippen MR) is 103 cm³/mol. The van der Waals surface area contributed by atoms with Gasteiger partial charge in [-0.2, -0.15) is 0 Å². The summed E-state index contributed by atoms with van der Waals surface area (Å²) in [4.78, 5) is 31.1. The Morgan fingerprint density at radius 3 is 2.36 bits per heavy atom. The minimum absolute atomic E-state index is 0.102. The minimum atomic E-state index is -0.757. The van der Waals surface area contributed by atoms with Crippen molar-refractivity contribution in [3.8, 4) is 0 Å². The second-order valence-corrected chi connectivity index (χ2v) is 8.01. The molecule has 3 fully saturated rings. The molecule has 3 aliphatic rings.